The highest BCUT2D eigenvalue weighted by Gasteiger charge is 2.47. The second-order valence-corrected chi connectivity index (χ2v) is 8.76. The summed E-state index contributed by atoms with van der Waals surface area (Å²) in [4.78, 5) is 7.96. The summed E-state index contributed by atoms with van der Waals surface area (Å²) >= 11 is 0. The highest BCUT2D eigenvalue weighted by Crippen LogP contribution is 2.51. The summed E-state index contributed by atoms with van der Waals surface area (Å²) < 4.78 is 5.50. The standard InChI is InChI=1S/C19H35N3O.2C2H6/c1-20-6-2-17(3-7-20)16-21-8-4-19(5-9-21)14-18(15-19)22-10-12-23-13-11-22;2*1-2/h17-18H,2-16H2,1H3;2*1-2H3. The summed E-state index contributed by atoms with van der Waals surface area (Å²) in [7, 11) is 2.27. The van der Waals surface area contributed by atoms with E-state index in [2.05, 4.69) is 21.7 Å². The van der Waals surface area contributed by atoms with Crippen LogP contribution in [0.2, 0.25) is 0 Å². The molecule has 160 valence electrons. The van der Waals surface area contributed by atoms with Gasteiger partial charge in [-0.2, -0.15) is 0 Å². The molecule has 27 heavy (non-hydrogen) atoms. The third kappa shape index (κ3) is 6.42. The van der Waals surface area contributed by atoms with Crippen LogP contribution >= 0.6 is 0 Å². The highest BCUT2D eigenvalue weighted by atomic mass is 16.5. The quantitative estimate of drug-likeness (QED) is 0.736. The van der Waals surface area contributed by atoms with Gasteiger partial charge in [-0.3, -0.25) is 4.90 Å². The van der Waals surface area contributed by atoms with Crippen LogP contribution in [-0.4, -0.2) is 86.8 Å². The fourth-order valence-electron chi connectivity index (χ4n) is 5.37. The van der Waals surface area contributed by atoms with E-state index in [4.69, 9.17) is 4.74 Å². The molecular formula is C23H47N3O. The van der Waals surface area contributed by atoms with E-state index in [-0.39, 0.29) is 0 Å². The van der Waals surface area contributed by atoms with E-state index in [1.807, 2.05) is 27.7 Å². The maximum Gasteiger partial charge on any atom is 0.0594 e. The van der Waals surface area contributed by atoms with Crippen LogP contribution in [0, 0.1) is 11.3 Å². The molecule has 4 rings (SSSR count). The lowest BCUT2D eigenvalue weighted by atomic mass is 9.60. The lowest BCUT2D eigenvalue weighted by Crippen LogP contribution is -2.57. The fraction of sp³-hybridized carbons (Fsp3) is 1.00. The molecule has 0 atom stereocenters. The first-order valence-electron chi connectivity index (χ1n) is 12.0. The number of morpholine rings is 1. The largest absolute Gasteiger partial charge is 0.379 e. The van der Waals surface area contributed by atoms with Crippen molar-refractivity contribution in [3.05, 3.63) is 0 Å². The molecule has 0 unspecified atom stereocenters. The number of hydrogen-bond acceptors (Lipinski definition) is 4. The summed E-state index contributed by atoms with van der Waals surface area (Å²) in [5.74, 6) is 0.961. The van der Waals surface area contributed by atoms with Crippen LogP contribution in [0.3, 0.4) is 0 Å². The zero-order valence-corrected chi connectivity index (χ0v) is 19.0. The Morgan fingerprint density at radius 2 is 1.37 bits per heavy atom. The second kappa shape index (κ2) is 11.7. The lowest BCUT2D eigenvalue weighted by Gasteiger charge is -2.56. The number of ether oxygens (including phenoxy) is 1. The average molecular weight is 382 g/mol. The van der Waals surface area contributed by atoms with Gasteiger partial charge in [-0.05, 0) is 83.1 Å². The molecular weight excluding hydrogens is 334 g/mol. The molecule has 1 aliphatic carbocycles. The zero-order valence-electron chi connectivity index (χ0n) is 19.0. The molecule has 3 saturated heterocycles. The molecule has 0 amide bonds. The molecule has 4 heteroatoms. The molecule has 1 saturated carbocycles. The van der Waals surface area contributed by atoms with Crippen molar-refractivity contribution in [3.8, 4) is 0 Å². The Bertz CT molecular complexity index is 373. The Hall–Kier alpha value is -0.160. The van der Waals surface area contributed by atoms with Crippen LogP contribution in [-0.2, 0) is 4.74 Å². The van der Waals surface area contributed by atoms with Gasteiger partial charge in [0, 0.05) is 25.7 Å². The summed E-state index contributed by atoms with van der Waals surface area (Å²) in [5, 5.41) is 0. The number of piperidine rings is 2. The number of hydrogen-bond donors (Lipinski definition) is 0. The number of rotatable bonds is 3. The third-order valence-corrected chi connectivity index (χ3v) is 7.17. The van der Waals surface area contributed by atoms with Gasteiger partial charge in [0.15, 0.2) is 0 Å². The summed E-state index contributed by atoms with van der Waals surface area (Å²) in [6, 6.07) is 0.874. The lowest BCUT2D eigenvalue weighted by molar-refractivity contribution is -0.0747. The van der Waals surface area contributed by atoms with Gasteiger partial charge in [-0.15, -0.1) is 0 Å². The zero-order chi connectivity index (χ0) is 19.7. The molecule has 0 aromatic rings. The number of nitrogens with zero attached hydrogens (tertiary/aromatic N) is 3. The van der Waals surface area contributed by atoms with Crippen molar-refractivity contribution in [2.45, 2.75) is 72.3 Å². The molecule has 4 nitrogen and oxygen atoms in total. The van der Waals surface area contributed by atoms with Gasteiger partial charge in [-0.25, -0.2) is 0 Å². The Kier molecular flexibility index (Phi) is 10.1. The maximum atomic E-state index is 5.50. The molecule has 4 aliphatic rings. The minimum Gasteiger partial charge on any atom is -0.379 e. The van der Waals surface area contributed by atoms with E-state index < -0.39 is 0 Å². The summed E-state index contributed by atoms with van der Waals surface area (Å²) in [5.41, 5.74) is 0.715. The van der Waals surface area contributed by atoms with Crippen molar-refractivity contribution in [3.63, 3.8) is 0 Å². The molecule has 4 fully saturated rings. The first kappa shape index (κ1) is 23.1. The van der Waals surface area contributed by atoms with Gasteiger partial charge in [0.25, 0.3) is 0 Å². The van der Waals surface area contributed by atoms with Gasteiger partial charge < -0.3 is 14.5 Å². The van der Waals surface area contributed by atoms with E-state index in [9.17, 15) is 0 Å². The predicted octanol–water partition coefficient (Wildman–Crippen LogP) is 3.96. The molecule has 0 aromatic carbocycles. The second-order valence-electron chi connectivity index (χ2n) is 8.76. The monoisotopic (exact) mass is 381 g/mol. The van der Waals surface area contributed by atoms with Crippen molar-refractivity contribution in [1.29, 1.82) is 0 Å². The predicted molar refractivity (Wildman–Crippen MR) is 116 cm³/mol. The van der Waals surface area contributed by atoms with Crippen LogP contribution in [0.1, 0.15) is 66.2 Å². The van der Waals surface area contributed by atoms with Gasteiger partial charge in [0.05, 0.1) is 13.2 Å². The normalized spacial score (nSPS) is 27.9. The van der Waals surface area contributed by atoms with Gasteiger partial charge in [-0.1, -0.05) is 27.7 Å². The van der Waals surface area contributed by atoms with E-state index in [1.54, 1.807) is 0 Å². The van der Waals surface area contributed by atoms with Crippen LogP contribution in [0.15, 0.2) is 0 Å². The molecule has 3 aliphatic heterocycles. The first-order valence-corrected chi connectivity index (χ1v) is 12.0. The molecule has 0 aromatic heterocycles. The molecule has 0 N–H and O–H groups in total. The summed E-state index contributed by atoms with van der Waals surface area (Å²) in [6.45, 7) is 19.0. The first-order chi connectivity index (χ1) is 13.2. The summed E-state index contributed by atoms with van der Waals surface area (Å²) in [6.07, 6.45) is 8.68. The fourth-order valence-corrected chi connectivity index (χ4v) is 5.37. The minimum absolute atomic E-state index is 0.715. The topological polar surface area (TPSA) is 19.0 Å². The smallest absolute Gasteiger partial charge is 0.0594 e. The Morgan fingerprint density at radius 1 is 0.815 bits per heavy atom. The van der Waals surface area contributed by atoms with Crippen LogP contribution in [0.25, 0.3) is 0 Å². The Labute approximate surface area is 169 Å². The Morgan fingerprint density at radius 3 is 1.93 bits per heavy atom. The molecule has 3 heterocycles. The van der Waals surface area contributed by atoms with Gasteiger partial charge >= 0.3 is 0 Å². The Balaban J connectivity index is 0.000000614. The maximum absolute atomic E-state index is 5.50. The van der Waals surface area contributed by atoms with Crippen molar-refractivity contribution in [1.82, 2.24) is 14.7 Å². The van der Waals surface area contributed by atoms with Gasteiger partial charge in [0.1, 0.15) is 0 Å². The van der Waals surface area contributed by atoms with Crippen LogP contribution < -0.4 is 0 Å². The van der Waals surface area contributed by atoms with Crippen LogP contribution in [0.5, 0.6) is 0 Å². The molecule has 1 spiro atoms. The average Bonchev–Trinajstić information content (AvgIpc) is 2.72. The molecule has 0 radical (unpaired) electrons. The van der Waals surface area contributed by atoms with Gasteiger partial charge in [0.2, 0.25) is 0 Å². The highest BCUT2D eigenvalue weighted by molar-refractivity contribution is 5.01. The van der Waals surface area contributed by atoms with E-state index >= 15 is 0 Å². The van der Waals surface area contributed by atoms with Crippen LogP contribution in [0.4, 0.5) is 0 Å². The van der Waals surface area contributed by atoms with Crippen molar-refractivity contribution >= 4 is 0 Å². The molecule has 0 bridgehead atoms. The number of likely N-dealkylation sites (tertiary alicyclic amines) is 2. The SMILES string of the molecule is CC.CC.CN1CCC(CN2CCC3(CC2)CC(N2CCOCC2)C3)CC1. The van der Waals surface area contributed by atoms with Crippen molar-refractivity contribution in [2.75, 3.05) is 66.1 Å². The van der Waals surface area contributed by atoms with E-state index in [0.717, 1.165) is 25.2 Å². The van der Waals surface area contributed by atoms with Crippen molar-refractivity contribution in [2.24, 2.45) is 11.3 Å². The minimum atomic E-state index is 0.715. The van der Waals surface area contributed by atoms with E-state index in [1.165, 1.54) is 84.3 Å². The third-order valence-electron chi connectivity index (χ3n) is 7.17. The van der Waals surface area contributed by atoms with Crippen molar-refractivity contribution < 1.29 is 4.74 Å². The van der Waals surface area contributed by atoms with E-state index in [0.29, 0.717) is 5.41 Å².